The van der Waals surface area contributed by atoms with Crippen molar-refractivity contribution in [3.05, 3.63) is 82.2 Å². The number of rotatable bonds is 5. The Morgan fingerprint density at radius 1 is 1.00 bits per heavy atom. The van der Waals surface area contributed by atoms with Gasteiger partial charge in [-0.3, -0.25) is 4.79 Å². The van der Waals surface area contributed by atoms with Crippen LogP contribution in [0.25, 0.3) is 0 Å². The number of hydrogen-bond donors (Lipinski definition) is 1. The Bertz CT molecular complexity index is 888. The van der Waals surface area contributed by atoms with Gasteiger partial charge in [-0.05, 0) is 23.8 Å². The Kier molecular flexibility index (Phi) is 5.48. The minimum Gasteiger partial charge on any atom is -0.473 e. The van der Waals surface area contributed by atoms with Crippen LogP contribution in [0, 0.1) is 0 Å². The number of benzene rings is 2. The molecule has 0 unspecified atom stereocenters. The highest BCUT2D eigenvalue weighted by Crippen LogP contribution is 2.25. The number of carbonyl (C=O) groups is 1. The molecule has 126 valence electrons. The number of aromatic nitrogens is 2. The van der Waals surface area contributed by atoms with Crippen molar-refractivity contribution in [2.75, 3.05) is 5.32 Å². The van der Waals surface area contributed by atoms with E-state index in [9.17, 15) is 4.79 Å². The highest BCUT2D eigenvalue weighted by molar-refractivity contribution is 6.42. The van der Waals surface area contributed by atoms with E-state index in [0.717, 1.165) is 5.56 Å². The van der Waals surface area contributed by atoms with E-state index in [1.54, 1.807) is 18.2 Å². The van der Waals surface area contributed by atoms with Gasteiger partial charge in [0, 0.05) is 11.8 Å². The smallest absolute Gasteiger partial charge is 0.274 e. The molecule has 1 N–H and O–H groups in total. The average Bonchev–Trinajstić information content (AvgIpc) is 2.64. The van der Waals surface area contributed by atoms with Crippen LogP contribution in [0.1, 0.15) is 16.1 Å². The van der Waals surface area contributed by atoms with Gasteiger partial charge in [0.2, 0.25) is 5.88 Å². The number of amides is 1. The Labute approximate surface area is 154 Å². The van der Waals surface area contributed by atoms with Crippen molar-refractivity contribution in [3.63, 3.8) is 0 Å². The second kappa shape index (κ2) is 7.96. The number of ether oxygens (including phenoxy) is 1. The lowest BCUT2D eigenvalue weighted by Crippen LogP contribution is -2.14. The molecule has 2 aromatic carbocycles. The molecule has 3 aromatic rings. The van der Waals surface area contributed by atoms with Gasteiger partial charge in [-0.2, -0.15) is 0 Å². The fourth-order valence-corrected chi connectivity index (χ4v) is 2.34. The van der Waals surface area contributed by atoms with E-state index in [0.29, 0.717) is 28.2 Å². The first-order valence-corrected chi connectivity index (χ1v) is 8.12. The van der Waals surface area contributed by atoms with Crippen molar-refractivity contribution >= 4 is 34.8 Å². The molecule has 0 saturated carbocycles. The van der Waals surface area contributed by atoms with Crippen molar-refractivity contribution in [1.29, 1.82) is 0 Å². The second-order valence-corrected chi connectivity index (χ2v) is 5.91. The fourth-order valence-electron chi connectivity index (χ4n) is 2.04. The summed E-state index contributed by atoms with van der Waals surface area (Å²) < 4.78 is 5.60. The van der Waals surface area contributed by atoms with Gasteiger partial charge in [-0.15, -0.1) is 0 Å². The first kappa shape index (κ1) is 17.2. The van der Waals surface area contributed by atoms with Gasteiger partial charge in [0.1, 0.15) is 18.6 Å². The van der Waals surface area contributed by atoms with Crippen LogP contribution >= 0.6 is 23.2 Å². The topological polar surface area (TPSA) is 64.1 Å². The maximum absolute atomic E-state index is 12.3. The van der Waals surface area contributed by atoms with Crippen molar-refractivity contribution in [2.24, 2.45) is 0 Å². The van der Waals surface area contributed by atoms with E-state index in [2.05, 4.69) is 15.3 Å². The van der Waals surface area contributed by atoms with Crippen molar-refractivity contribution < 1.29 is 9.53 Å². The number of hydrogen-bond acceptors (Lipinski definition) is 4. The van der Waals surface area contributed by atoms with Gasteiger partial charge in [0.15, 0.2) is 0 Å². The largest absolute Gasteiger partial charge is 0.473 e. The first-order chi connectivity index (χ1) is 12.1. The molecule has 0 spiro atoms. The SMILES string of the molecule is O=C(Nc1ccc(Cl)c(Cl)c1)c1cc(OCc2ccccc2)ncn1. The molecule has 0 saturated heterocycles. The summed E-state index contributed by atoms with van der Waals surface area (Å²) in [6, 6.07) is 16.0. The third-order valence-electron chi connectivity index (χ3n) is 3.28. The zero-order chi connectivity index (χ0) is 17.6. The minimum absolute atomic E-state index is 0.184. The van der Waals surface area contributed by atoms with Gasteiger partial charge in [0.05, 0.1) is 10.0 Å². The maximum atomic E-state index is 12.3. The summed E-state index contributed by atoms with van der Waals surface area (Å²) in [5.41, 5.74) is 1.71. The summed E-state index contributed by atoms with van der Waals surface area (Å²) in [7, 11) is 0. The molecular formula is C18H13Cl2N3O2. The molecule has 0 radical (unpaired) electrons. The van der Waals surface area contributed by atoms with E-state index in [1.165, 1.54) is 12.4 Å². The van der Waals surface area contributed by atoms with Crippen LogP contribution in [0.4, 0.5) is 5.69 Å². The van der Waals surface area contributed by atoms with E-state index in [4.69, 9.17) is 27.9 Å². The summed E-state index contributed by atoms with van der Waals surface area (Å²) in [4.78, 5) is 20.3. The molecule has 0 fully saturated rings. The van der Waals surface area contributed by atoms with Crippen molar-refractivity contribution in [2.45, 2.75) is 6.61 Å². The van der Waals surface area contributed by atoms with Crippen LogP contribution in [0.2, 0.25) is 10.0 Å². The number of anilines is 1. The quantitative estimate of drug-likeness (QED) is 0.708. The van der Waals surface area contributed by atoms with Crippen LogP contribution in [0.15, 0.2) is 60.9 Å². The molecule has 1 aromatic heterocycles. The predicted octanol–water partition coefficient (Wildman–Crippen LogP) is 4.61. The third kappa shape index (κ3) is 4.68. The Hall–Kier alpha value is -2.63. The summed E-state index contributed by atoms with van der Waals surface area (Å²) in [5, 5.41) is 3.47. The molecule has 3 rings (SSSR count). The summed E-state index contributed by atoms with van der Waals surface area (Å²) in [5.74, 6) is -0.0801. The molecule has 5 nitrogen and oxygen atoms in total. The standard InChI is InChI=1S/C18H13Cl2N3O2/c19-14-7-6-13(8-15(14)20)23-18(24)16-9-17(22-11-21-16)25-10-12-4-2-1-3-5-12/h1-9,11H,10H2,(H,23,24). The summed E-state index contributed by atoms with van der Waals surface area (Å²) >= 11 is 11.8. The lowest BCUT2D eigenvalue weighted by Gasteiger charge is -2.08. The van der Waals surface area contributed by atoms with Crippen molar-refractivity contribution in [3.8, 4) is 5.88 Å². The Balaban J connectivity index is 1.67. The highest BCUT2D eigenvalue weighted by atomic mass is 35.5. The lowest BCUT2D eigenvalue weighted by molar-refractivity contribution is 0.102. The molecule has 7 heteroatoms. The van der Waals surface area contributed by atoms with Gasteiger partial charge in [-0.1, -0.05) is 53.5 Å². The number of carbonyl (C=O) groups excluding carboxylic acids is 1. The first-order valence-electron chi connectivity index (χ1n) is 7.37. The molecule has 0 aliphatic carbocycles. The molecule has 0 atom stereocenters. The monoisotopic (exact) mass is 373 g/mol. The fraction of sp³-hybridized carbons (Fsp3) is 0.0556. The molecule has 1 heterocycles. The molecule has 0 aliphatic heterocycles. The third-order valence-corrected chi connectivity index (χ3v) is 4.02. The van der Waals surface area contributed by atoms with E-state index in [1.807, 2.05) is 30.3 Å². The van der Waals surface area contributed by atoms with Crippen LogP contribution in [-0.4, -0.2) is 15.9 Å². The lowest BCUT2D eigenvalue weighted by atomic mass is 10.2. The van der Waals surface area contributed by atoms with Gasteiger partial charge >= 0.3 is 0 Å². The number of nitrogens with zero attached hydrogens (tertiary/aromatic N) is 2. The van der Waals surface area contributed by atoms with Gasteiger partial charge in [-0.25, -0.2) is 9.97 Å². The predicted molar refractivity (Wildman–Crippen MR) is 97.2 cm³/mol. The second-order valence-electron chi connectivity index (χ2n) is 5.10. The summed E-state index contributed by atoms with van der Waals surface area (Å²) in [6.45, 7) is 0.353. The van der Waals surface area contributed by atoms with E-state index >= 15 is 0 Å². The Morgan fingerprint density at radius 3 is 2.56 bits per heavy atom. The van der Waals surface area contributed by atoms with Crippen LogP contribution < -0.4 is 10.1 Å². The van der Waals surface area contributed by atoms with E-state index in [-0.39, 0.29) is 5.69 Å². The number of halogens is 2. The van der Waals surface area contributed by atoms with Crippen LogP contribution in [-0.2, 0) is 6.61 Å². The van der Waals surface area contributed by atoms with E-state index < -0.39 is 5.91 Å². The maximum Gasteiger partial charge on any atom is 0.274 e. The van der Waals surface area contributed by atoms with Crippen LogP contribution in [0.3, 0.4) is 0 Å². The average molecular weight is 374 g/mol. The molecule has 0 aliphatic rings. The molecule has 1 amide bonds. The summed E-state index contributed by atoms with van der Waals surface area (Å²) in [6.07, 6.45) is 1.28. The Morgan fingerprint density at radius 2 is 1.80 bits per heavy atom. The molecule has 0 bridgehead atoms. The van der Waals surface area contributed by atoms with Crippen LogP contribution in [0.5, 0.6) is 5.88 Å². The highest BCUT2D eigenvalue weighted by Gasteiger charge is 2.11. The molecular weight excluding hydrogens is 361 g/mol. The minimum atomic E-state index is -0.398. The normalized spacial score (nSPS) is 10.3. The van der Waals surface area contributed by atoms with Gasteiger partial charge in [0.25, 0.3) is 5.91 Å². The zero-order valence-corrected chi connectivity index (χ0v) is 14.5. The van der Waals surface area contributed by atoms with Gasteiger partial charge < -0.3 is 10.1 Å². The number of nitrogens with one attached hydrogen (secondary N) is 1. The zero-order valence-electron chi connectivity index (χ0n) is 12.9. The molecule has 25 heavy (non-hydrogen) atoms. The van der Waals surface area contributed by atoms with Crippen molar-refractivity contribution in [1.82, 2.24) is 9.97 Å².